The van der Waals surface area contributed by atoms with Gasteiger partial charge in [-0.15, -0.1) is 11.6 Å². The monoisotopic (exact) mass is 1080 g/mol. The number of hydrogen-bond donors (Lipinski definition) is 6. The molecule has 3 saturated carbocycles. The lowest BCUT2D eigenvalue weighted by Crippen LogP contribution is -2.70. The highest BCUT2D eigenvalue weighted by Gasteiger charge is 2.76. The first-order valence-electron chi connectivity index (χ1n) is 27.4. The fraction of sp³-hybridized carbons (Fsp3) is 0.857. The molecule has 0 amide bonds. The van der Waals surface area contributed by atoms with E-state index in [4.69, 9.17) is 35.3 Å². The molecular formula is C56H90ClFN2O15. The van der Waals surface area contributed by atoms with Crippen LogP contribution in [0.25, 0.3) is 0 Å². The van der Waals surface area contributed by atoms with Crippen LogP contribution in [-0.4, -0.2) is 187 Å². The molecule has 2 aliphatic heterocycles. The largest absolute Gasteiger partial charge is 0.464 e. The minimum Gasteiger partial charge on any atom is -0.464 e. The van der Waals surface area contributed by atoms with E-state index in [0.717, 1.165) is 0 Å². The number of hydrogen-bond acceptors (Lipinski definition) is 17. The molecule has 0 aromatic carbocycles. The highest BCUT2D eigenvalue weighted by atomic mass is 35.5. The molecule has 6 N–H and O–H groups in total. The SMILES string of the molecule is CC[C@H]1OC(=O)[C@H](C)[C@@H](O)[C@H](C)[C@@H](OC2OC(C)C[C@@H](N(C)C)C2OC(=O)CCCCOC(=O)[C@@]2(O)[C@H](C)CC3C4C[C@H](F)C5=CC(=O)C=C[C@]5(C)[C@@]4(Cl)[C@@H](O)C[C@@]32C)[C@](C)(O)C[C@@H](C)CN(C)[C@H](C)[C@@H](O)[C@]1(C)O. The maximum Gasteiger partial charge on any atom is 0.338 e. The van der Waals surface area contributed by atoms with E-state index in [0.29, 0.717) is 19.4 Å². The average Bonchev–Trinajstić information content (AvgIpc) is 3.53. The highest BCUT2D eigenvalue weighted by Crippen LogP contribution is 2.71. The Hall–Kier alpha value is -2.62. The van der Waals surface area contributed by atoms with Gasteiger partial charge >= 0.3 is 17.9 Å². The van der Waals surface area contributed by atoms with E-state index < -0.39 is 147 Å². The van der Waals surface area contributed by atoms with E-state index in [1.807, 2.05) is 37.7 Å². The molecule has 2 heterocycles. The van der Waals surface area contributed by atoms with E-state index in [1.165, 1.54) is 26.0 Å². The summed E-state index contributed by atoms with van der Waals surface area (Å²) in [5.74, 6) is -6.73. The van der Waals surface area contributed by atoms with Gasteiger partial charge in [0.2, 0.25) is 0 Å². The summed E-state index contributed by atoms with van der Waals surface area (Å²) in [5, 5.41) is 71.8. The van der Waals surface area contributed by atoms with Crippen molar-refractivity contribution in [2.24, 2.45) is 46.3 Å². The number of likely N-dealkylation sites (N-methyl/N-ethyl adjacent to an activating group) is 2. The number of carbonyl (C=O) groups excluding carboxylic acids is 4. The Balaban J connectivity index is 1.14. The predicted molar refractivity (Wildman–Crippen MR) is 276 cm³/mol. The van der Waals surface area contributed by atoms with Crippen LogP contribution in [0, 0.1) is 46.3 Å². The van der Waals surface area contributed by atoms with Crippen molar-refractivity contribution in [1.82, 2.24) is 9.80 Å². The average molecular weight is 1090 g/mol. The maximum atomic E-state index is 16.1. The second-order valence-electron chi connectivity index (χ2n) is 24.9. The third-order valence-electron chi connectivity index (χ3n) is 19.2. The summed E-state index contributed by atoms with van der Waals surface area (Å²) in [6.45, 7) is 18.9. The van der Waals surface area contributed by atoms with Gasteiger partial charge in [-0.2, -0.15) is 0 Å². The van der Waals surface area contributed by atoms with Crippen LogP contribution >= 0.6 is 11.6 Å². The lowest BCUT2D eigenvalue weighted by Gasteiger charge is -2.64. The fourth-order valence-corrected chi connectivity index (χ4v) is 15.2. The van der Waals surface area contributed by atoms with Crippen molar-refractivity contribution in [2.75, 3.05) is 34.3 Å². The first-order valence-corrected chi connectivity index (χ1v) is 27.8. The molecule has 0 spiro atoms. The first kappa shape index (κ1) is 61.6. The van der Waals surface area contributed by atoms with Crippen LogP contribution in [0.3, 0.4) is 0 Å². The third kappa shape index (κ3) is 11.2. The number of unbranched alkanes of at least 4 members (excludes halogenated alkanes) is 1. The van der Waals surface area contributed by atoms with Gasteiger partial charge < -0.3 is 64.1 Å². The molecule has 428 valence electrons. The second kappa shape index (κ2) is 22.9. The van der Waals surface area contributed by atoms with Gasteiger partial charge in [0.05, 0.1) is 53.5 Å². The van der Waals surface area contributed by atoms with Gasteiger partial charge in [-0.1, -0.05) is 47.6 Å². The molecular weight excluding hydrogens is 995 g/mol. The topological polar surface area (TPSA) is 242 Å². The number of ether oxygens (including phenoxy) is 5. The van der Waals surface area contributed by atoms with Crippen LogP contribution in [0.4, 0.5) is 4.39 Å². The molecule has 0 aromatic rings. The summed E-state index contributed by atoms with van der Waals surface area (Å²) in [6.07, 6.45) is -5.03. The first-order chi connectivity index (χ1) is 34.6. The molecule has 6 rings (SSSR count). The summed E-state index contributed by atoms with van der Waals surface area (Å²) >= 11 is 7.48. The zero-order valence-corrected chi connectivity index (χ0v) is 47.6. The quantitative estimate of drug-likeness (QED) is 0.0705. The zero-order chi connectivity index (χ0) is 56.3. The second-order valence-corrected chi connectivity index (χ2v) is 25.6. The van der Waals surface area contributed by atoms with E-state index in [-0.39, 0.29) is 68.8 Å². The third-order valence-corrected chi connectivity index (χ3v) is 20.2. The summed E-state index contributed by atoms with van der Waals surface area (Å²) in [6, 6.07) is -1.01. The molecule has 75 heavy (non-hydrogen) atoms. The number of halogens is 2. The minimum atomic E-state index is -2.05. The number of allylic oxidation sites excluding steroid dienone is 4. The molecule has 5 fully saturated rings. The molecule has 5 unspecified atom stereocenters. The van der Waals surface area contributed by atoms with E-state index in [2.05, 4.69) is 0 Å². The number of aliphatic hydroxyl groups is 6. The fourth-order valence-electron chi connectivity index (χ4n) is 14.7. The van der Waals surface area contributed by atoms with Crippen molar-refractivity contribution in [1.29, 1.82) is 0 Å². The smallest absolute Gasteiger partial charge is 0.338 e. The number of cyclic esters (lactones) is 1. The number of ketones is 1. The van der Waals surface area contributed by atoms with Crippen molar-refractivity contribution >= 4 is 35.3 Å². The van der Waals surface area contributed by atoms with Crippen LogP contribution in [0.5, 0.6) is 0 Å². The van der Waals surface area contributed by atoms with Crippen molar-refractivity contribution in [2.45, 2.75) is 223 Å². The number of aliphatic hydroxyl groups excluding tert-OH is 3. The predicted octanol–water partition coefficient (Wildman–Crippen LogP) is 4.81. The molecule has 23 atom stereocenters. The van der Waals surface area contributed by atoms with Gasteiger partial charge in [0.1, 0.15) is 24.0 Å². The Morgan fingerprint density at radius 3 is 2.23 bits per heavy atom. The van der Waals surface area contributed by atoms with Crippen LogP contribution in [-0.2, 0) is 42.9 Å². The molecule has 17 nitrogen and oxygen atoms in total. The van der Waals surface area contributed by atoms with Gasteiger partial charge in [0, 0.05) is 35.8 Å². The molecule has 4 aliphatic carbocycles. The van der Waals surface area contributed by atoms with Crippen LogP contribution < -0.4 is 0 Å². The Morgan fingerprint density at radius 2 is 1.60 bits per heavy atom. The Labute approximate surface area is 448 Å². The van der Waals surface area contributed by atoms with Crippen LogP contribution in [0.15, 0.2) is 23.8 Å². The van der Waals surface area contributed by atoms with E-state index in [9.17, 15) is 49.8 Å². The van der Waals surface area contributed by atoms with Gasteiger partial charge in [0.25, 0.3) is 0 Å². The number of alkyl halides is 2. The molecule has 0 bridgehead atoms. The minimum absolute atomic E-state index is 0.0683. The lowest BCUT2D eigenvalue weighted by molar-refractivity contribution is -0.301. The summed E-state index contributed by atoms with van der Waals surface area (Å²) < 4.78 is 47.1. The van der Waals surface area contributed by atoms with Gasteiger partial charge in [-0.05, 0) is 149 Å². The lowest BCUT2D eigenvalue weighted by atomic mass is 9.45. The Bertz CT molecular complexity index is 2140. The van der Waals surface area contributed by atoms with Crippen molar-refractivity contribution in [3.05, 3.63) is 23.8 Å². The molecule has 2 saturated heterocycles. The summed E-state index contributed by atoms with van der Waals surface area (Å²) in [4.78, 5) is 56.4. The standard InChI is InChI=1S/C56H90ClFN2O15/c1-15-42-54(11,69)46(65)34(7)60(14)28-29(2)26-53(10,68)47(32(5)44(64)33(6)48(66)73-42)75-49-45(40(59(12)13)23-31(4)72-49)74-43(63)18-16-17-21-71-50(67)56(70)30(3)22-36-37-25-39(58)38-24-35(61)19-20-51(38,8)55(37,57)41(62)27-52(36,56)9/h19-20,24,29-34,36-37,39-42,44-47,49,62,64-65,68-70H,15-18,21-23,25-28H2,1-14H3/t29-,30-,31?,32+,33-,34-,36?,37?,39+,40-,41+,42-,44+,45?,46-,47-,49?,51+,52+,53-,54-,55+,56+/m1/s1. The van der Waals surface area contributed by atoms with Crippen LogP contribution in [0.2, 0.25) is 0 Å². The molecule has 0 radical (unpaired) electrons. The normalized spacial score (nSPS) is 48.1. The number of fused-ring (bicyclic) bond motifs is 5. The number of esters is 3. The van der Waals surface area contributed by atoms with E-state index >= 15 is 4.39 Å². The molecule has 0 aromatic heterocycles. The van der Waals surface area contributed by atoms with E-state index in [1.54, 1.807) is 61.6 Å². The summed E-state index contributed by atoms with van der Waals surface area (Å²) in [7, 11) is 5.47. The van der Waals surface area contributed by atoms with Crippen molar-refractivity contribution < 1.29 is 77.9 Å². The van der Waals surface area contributed by atoms with Crippen molar-refractivity contribution in [3.63, 3.8) is 0 Å². The summed E-state index contributed by atoms with van der Waals surface area (Å²) in [5.41, 5.74) is -7.76. The Morgan fingerprint density at radius 1 is 0.947 bits per heavy atom. The Kier molecular flexibility index (Phi) is 18.8. The number of nitrogens with zero attached hydrogens (tertiary/aromatic N) is 2. The molecule has 6 aliphatic rings. The number of rotatable bonds is 11. The highest BCUT2D eigenvalue weighted by molar-refractivity contribution is 6.26. The van der Waals surface area contributed by atoms with Crippen molar-refractivity contribution in [3.8, 4) is 0 Å². The van der Waals surface area contributed by atoms with Gasteiger partial charge in [0.15, 0.2) is 23.8 Å². The molecule has 19 heteroatoms. The zero-order valence-electron chi connectivity index (χ0n) is 46.8. The maximum absolute atomic E-state index is 16.1. The van der Waals surface area contributed by atoms with Gasteiger partial charge in [-0.25, -0.2) is 9.18 Å². The van der Waals surface area contributed by atoms with Crippen LogP contribution in [0.1, 0.15) is 134 Å². The number of carbonyl (C=O) groups is 4. The van der Waals surface area contributed by atoms with Gasteiger partial charge in [-0.3, -0.25) is 14.4 Å².